The highest BCUT2D eigenvalue weighted by Gasteiger charge is 2.45. The van der Waals surface area contributed by atoms with E-state index in [4.69, 9.17) is 4.43 Å². The Labute approximate surface area is 170 Å². The predicted molar refractivity (Wildman–Crippen MR) is 112 cm³/mol. The highest BCUT2D eigenvalue weighted by molar-refractivity contribution is 6.80. The van der Waals surface area contributed by atoms with Crippen LogP contribution < -0.4 is 10.4 Å². The molecule has 1 nitrogen and oxygen atoms in total. The van der Waals surface area contributed by atoms with Crippen LogP contribution in [-0.4, -0.2) is 9.04 Å². The summed E-state index contributed by atoms with van der Waals surface area (Å²) in [6.07, 6.45) is -2.74. The van der Waals surface area contributed by atoms with Gasteiger partial charge in [0.2, 0.25) is 9.04 Å². The standard InChI is InChI=1S/C24H23F3OSi/c1-23(14-15-23)21-13-12-18(16-22(21)24(25,26)27)17-28-29(19-8-4-2-5-9-19)20-10-6-3-7-11-20/h2-13,16,29H,14-15,17H2,1H3. The normalized spacial score (nSPS) is 15.5. The lowest BCUT2D eigenvalue weighted by Crippen LogP contribution is -2.44. The van der Waals surface area contributed by atoms with Gasteiger partial charge in [0.15, 0.2) is 0 Å². The largest absolute Gasteiger partial charge is 0.416 e. The Hall–Kier alpha value is -2.37. The van der Waals surface area contributed by atoms with Crippen LogP contribution in [0.25, 0.3) is 0 Å². The van der Waals surface area contributed by atoms with Crippen molar-refractivity contribution < 1.29 is 17.6 Å². The number of hydrogen-bond donors (Lipinski definition) is 0. The summed E-state index contributed by atoms with van der Waals surface area (Å²) in [6, 6.07) is 24.6. The lowest BCUT2D eigenvalue weighted by molar-refractivity contribution is -0.138. The van der Waals surface area contributed by atoms with Crippen molar-refractivity contribution in [1.82, 2.24) is 0 Å². The summed E-state index contributed by atoms with van der Waals surface area (Å²) < 4.78 is 47.3. The van der Waals surface area contributed by atoms with E-state index >= 15 is 0 Å². The van der Waals surface area contributed by atoms with Gasteiger partial charge in [-0.15, -0.1) is 0 Å². The molecular formula is C24H23F3OSi. The zero-order chi connectivity index (χ0) is 20.5. The average Bonchev–Trinajstić information content (AvgIpc) is 3.47. The Kier molecular flexibility index (Phi) is 5.36. The van der Waals surface area contributed by atoms with E-state index in [2.05, 4.69) is 0 Å². The van der Waals surface area contributed by atoms with Crippen LogP contribution in [0.4, 0.5) is 13.2 Å². The summed E-state index contributed by atoms with van der Waals surface area (Å²) in [5.41, 5.74) is 0.120. The first-order valence-corrected chi connectivity index (χ1v) is 11.4. The maximum Gasteiger partial charge on any atom is 0.416 e. The fourth-order valence-corrected chi connectivity index (χ4v) is 5.99. The van der Waals surface area contributed by atoms with E-state index in [1.165, 1.54) is 6.07 Å². The Morgan fingerprint density at radius 1 is 0.862 bits per heavy atom. The van der Waals surface area contributed by atoms with Crippen LogP contribution in [-0.2, 0) is 22.6 Å². The van der Waals surface area contributed by atoms with Gasteiger partial charge in [-0.2, -0.15) is 13.2 Å². The summed E-state index contributed by atoms with van der Waals surface area (Å²) in [4.78, 5) is 0. The summed E-state index contributed by atoms with van der Waals surface area (Å²) in [5.74, 6) is 0. The zero-order valence-electron chi connectivity index (χ0n) is 16.2. The maximum atomic E-state index is 13.7. The highest BCUT2D eigenvalue weighted by Crippen LogP contribution is 2.51. The van der Waals surface area contributed by atoms with Crippen molar-refractivity contribution in [2.75, 3.05) is 0 Å². The monoisotopic (exact) mass is 412 g/mol. The fraction of sp³-hybridized carbons (Fsp3) is 0.250. The van der Waals surface area contributed by atoms with Gasteiger partial charge in [-0.05, 0) is 45.8 Å². The maximum absolute atomic E-state index is 13.7. The van der Waals surface area contributed by atoms with Crippen molar-refractivity contribution in [3.05, 3.63) is 95.6 Å². The molecule has 0 radical (unpaired) electrons. The van der Waals surface area contributed by atoms with Crippen molar-refractivity contribution in [3.63, 3.8) is 0 Å². The summed E-state index contributed by atoms with van der Waals surface area (Å²) in [5, 5.41) is 2.22. The fourth-order valence-electron chi connectivity index (χ4n) is 3.72. The van der Waals surface area contributed by atoms with Crippen LogP contribution in [0, 0.1) is 0 Å². The summed E-state index contributed by atoms with van der Waals surface area (Å²) in [7, 11) is -1.99. The molecule has 0 spiro atoms. The van der Waals surface area contributed by atoms with Crippen LogP contribution in [0.15, 0.2) is 78.9 Å². The quantitative estimate of drug-likeness (QED) is 0.528. The molecule has 1 fully saturated rings. The van der Waals surface area contributed by atoms with Gasteiger partial charge in [-0.3, -0.25) is 0 Å². The molecule has 0 aliphatic heterocycles. The minimum absolute atomic E-state index is 0.167. The van der Waals surface area contributed by atoms with Gasteiger partial charge in [0, 0.05) is 0 Å². The molecule has 0 amide bonds. The third kappa shape index (κ3) is 4.46. The SMILES string of the molecule is CC1(c2ccc(CO[SiH](c3ccccc3)c3ccccc3)cc2C(F)(F)F)CC1. The second kappa shape index (κ2) is 7.80. The third-order valence-electron chi connectivity index (χ3n) is 5.66. The molecule has 29 heavy (non-hydrogen) atoms. The molecule has 0 N–H and O–H groups in total. The van der Waals surface area contributed by atoms with Gasteiger partial charge < -0.3 is 4.43 Å². The Bertz CT molecular complexity index is 927. The van der Waals surface area contributed by atoms with Crippen molar-refractivity contribution in [1.29, 1.82) is 0 Å². The van der Waals surface area contributed by atoms with Gasteiger partial charge in [0.05, 0.1) is 12.2 Å². The minimum Gasteiger partial charge on any atom is -0.407 e. The van der Waals surface area contributed by atoms with E-state index in [0.717, 1.165) is 23.2 Å². The van der Waals surface area contributed by atoms with Crippen molar-refractivity contribution >= 4 is 19.4 Å². The Morgan fingerprint density at radius 3 is 1.90 bits per heavy atom. The van der Waals surface area contributed by atoms with Gasteiger partial charge >= 0.3 is 6.18 Å². The molecular weight excluding hydrogens is 389 g/mol. The minimum atomic E-state index is -4.35. The Morgan fingerprint density at radius 2 is 1.41 bits per heavy atom. The molecule has 3 aromatic carbocycles. The van der Waals surface area contributed by atoms with Gasteiger partial charge in [-0.1, -0.05) is 79.7 Å². The number of benzene rings is 3. The van der Waals surface area contributed by atoms with Crippen molar-refractivity contribution in [2.45, 2.75) is 38.0 Å². The number of alkyl halides is 3. The van der Waals surface area contributed by atoms with E-state index in [9.17, 15) is 13.2 Å². The van der Waals surface area contributed by atoms with Crippen LogP contribution in [0.2, 0.25) is 0 Å². The second-order valence-electron chi connectivity index (χ2n) is 7.95. The first-order valence-electron chi connectivity index (χ1n) is 9.79. The van der Waals surface area contributed by atoms with Crippen molar-refractivity contribution in [3.8, 4) is 0 Å². The molecule has 0 saturated heterocycles. The van der Waals surface area contributed by atoms with E-state index in [1.807, 2.05) is 67.6 Å². The smallest absolute Gasteiger partial charge is 0.407 e. The van der Waals surface area contributed by atoms with Gasteiger partial charge in [0.1, 0.15) is 0 Å². The molecule has 0 heterocycles. The lowest BCUT2D eigenvalue weighted by Gasteiger charge is -2.21. The number of hydrogen-bond acceptors (Lipinski definition) is 1. The molecule has 1 aliphatic carbocycles. The van der Waals surface area contributed by atoms with Gasteiger partial charge in [-0.25, -0.2) is 0 Å². The molecule has 1 aliphatic rings. The van der Waals surface area contributed by atoms with Crippen molar-refractivity contribution in [2.24, 2.45) is 0 Å². The Balaban J connectivity index is 1.61. The van der Waals surface area contributed by atoms with E-state index in [1.54, 1.807) is 12.1 Å². The molecule has 0 aromatic heterocycles. The third-order valence-corrected chi connectivity index (χ3v) is 8.14. The molecule has 0 bridgehead atoms. The van der Waals surface area contributed by atoms with E-state index in [-0.39, 0.29) is 12.0 Å². The zero-order valence-corrected chi connectivity index (χ0v) is 17.4. The molecule has 1 saturated carbocycles. The number of halogens is 3. The topological polar surface area (TPSA) is 9.23 Å². The molecule has 4 rings (SSSR count). The average molecular weight is 413 g/mol. The summed E-state index contributed by atoms with van der Waals surface area (Å²) >= 11 is 0. The molecule has 3 aromatic rings. The number of rotatable bonds is 6. The van der Waals surface area contributed by atoms with Gasteiger partial charge in [0.25, 0.3) is 0 Å². The van der Waals surface area contributed by atoms with E-state index < -0.39 is 20.8 Å². The first-order chi connectivity index (χ1) is 13.9. The molecule has 5 heteroatoms. The molecule has 0 atom stereocenters. The lowest BCUT2D eigenvalue weighted by atomic mass is 9.91. The second-order valence-corrected chi connectivity index (χ2v) is 10.4. The molecule has 150 valence electrons. The predicted octanol–water partition coefficient (Wildman–Crippen LogP) is 4.81. The first kappa shape index (κ1) is 19.9. The van der Waals surface area contributed by atoms with Crippen LogP contribution in [0.3, 0.4) is 0 Å². The van der Waals surface area contributed by atoms with Crippen LogP contribution in [0.1, 0.15) is 36.5 Å². The molecule has 0 unspecified atom stereocenters. The summed E-state index contributed by atoms with van der Waals surface area (Å²) in [6.45, 7) is 2.07. The highest BCUT2D eigenvalue weighted by atomic mass is 28.3. The van der Waals surface area contributed by atoms with E-state index in [0.29, 0.717) is 11.1 Å². The van der Waals surface area contributed by atoms with Crippen LogP contribution >= 0.6 is 0 Å². The van der Waals surface area contributed by atoms with Crippen LogP contribution in [0.5, 0.6) is 0 Å².